The van der Waals surface area contributed by atoms with Gasteiger partial charge in [-0.05, 0) is 58.9 Å². The standard InChI is InChI=1S/C15H20O2/c1-14(2,3)17-13-8-6-12(7-9-13)10-11-15(4,5)16/h6-9,16H,1-5H3. The van der Waals surface area contributed by atoms with Crippen LogP contribution in [0, 0.1) is 11.8 Å². The summed E-state index contributed by atoms with van der Waals surface area (Å²) in [6.07, 6.45) is 0. The van der Waals surface area contributed by atoms with Gasteiger partial charge in [0, 0.05) is 5.56 Å². The van der Waals surface area contributed by atoms with Crippen molar-refractivity contribution in [3.05, 3.63) is 29.8 Å². The van der Waals surface area contributed by atoms with Gasteiger partial charge in [-0.1, -0.05) is 11.8 Å². The maximum atomic E-state index is 9.49. The lowest BCUT2D eigenvalue weighted by Crippen LogP contribution is -2.22. The molecule has 0 fully saturated rings. The Hall–Kier alpha value is -1.46. The molecule has 92 valence electrons. The van der Waals surface area contributed by atoms with Gasteiger partial charge in [0.15, 0.2) is 0 Å². The van der Waals surface area contributed by atoms with E-state index in [0.29, 0.717) is 0 Å². The molecule has 0 aliphatic heterocycles. The van der Waals surface area contributed by atoms with Crippen molar-refractivity contribution in [3.8, 4) is 17.6 Å². The summed E-state index contributed by atoms with van der Waals surface area (Å²) < 4.78 is 5.70. The van der Waals surface area contributed by atoms with E-state index in [2.05, 4.69) is 11.8 Å². The summed E-state index contributed by atoms with van der Waals surface area (Å²) >= 11 is 0. The summed E-state index contributed by atoms with van der Waals surface area (Å²) in [5, 5.41) is 9.49. The molecular weight excluding hydrogens is 212 g/mol. The van der Waals surface area contributed by atoms with Gasteiger partial charge < -0.3 is 9.84 Å². The van der Waals surface area contributed by atoms with Gasteiger partial charge in [0.1, 0.15) is 17.0 Å². The van der Waals surface area contributed by atoms with Crippen LogP contribution in [-0.4, -0.2) is 16.3 Å². The summed E-state index contributed by atoms with van der Waals surface area (Å²) in [6, 6.07) is 7.55. The number of benzene rings is 1. The maximum absolute atomic E-state index is 9.49. The monoisotopic (exact) mass is 232 g/mol. The fourth-order valence-corrected chi connectivity index (χ4v) is 1.18. The van der Waals surface area contributed by atoms with Gasteiger partial charge >= 0.3 is 0 Å². The third-order valence-corrected chi connectivity index (χ3v) is 1.79. The first-order valence-electron chi connectivity index (χ1n) is 5.70. The van der Waals surface area contributed by atoms with E-state index in [1.807, 2.05) is 45.0 Å². The summed E-state index contributed by atoms with van der Waals surface area (Å²) in [7, 11) is 0. The normalized spacial score (nSPS) is 11.6. The predicted octanol–water partition coefficient (Wildman–Crippen LogP) is 2.99. The van der Waals surface area contributed by atoms with Crippen molar-refractivity contribution in [2.75, 3.05) is 0 Å². The highest BCUT2D eigenvalue weighted by molar-refractivity contribution is 5.39. The van der Waals surface area contributed by atoms with Crippen LogP contribution in [0.5, 0.6) is 5.75 Å². The topological polar surface area (TPSA) is 29.5 Å². The lowest BCUT2D eigenvalue weighted by atomic mass is 10.1. The van der Waals surface area contributed by atoms with Crippen molar-refractivity contribution in [2.24, 2.45) is 0 Å². The third-order valence-electron chi connectivity index (χ3n) is 1.79. The zero-order chi connectivity index (χ0) is 13.1. The molecule has 0 atom stereocenters. The molecule has 2 heteroatoms. The molecule has 0 aliphatic carbocycles. The number of aliphatic hydroxyl groups is 1. The van der Waals surface area contributed by atoms with E-state index in [-0.39, 0.29) is 5.60 Å². The van der Waals surface area contributed by atoms with Crippen LogP contribution in [0.2, 0.25) is 0 Å². The first-order valence-corrected chi connectivity index (χ1v) is 5.70. The average Bonchev–Trinajstić information content (AvgIpc) is 2.13. The van der Waals surface area contributed by atoms with E-state index in [4.69, 9.17) is 4.74 Å². The summed E-state index contributed by atoms with van der Waals surface area (Å²) in [5.41, 5.74) is -0.283. The quantitative estimate of drug-likeness (QED) is 0.754. The number of rotatable bonds is 1. The highest BCUT2D eigenvalue weighted by atomic mass is 16.5. The second-order valence-corrected chi connectivity index (χ2v) is 5.55. The van der Waals surface area contributed by atoms with E-state index >= 15 is 0 Å². The Morgan fingerprint density at radius 3 is 1.94 bits per heavy atom. The highest BCUT2D eigenvalue weighted by Crippen LogP contribution is 2.18. The van der Waals surface area contributed by atoms with Crippen molar-refractivity contribution in [2.45, 2.75) is 45.8 Å². The molecule has 0 radical (unpaired) electrons. The molecule has 0 heterocycles. The second kappa shape index (κ2) is 4.81. The molecule has 0 unspecified atom stereocenters. The van der Waals surface area contributed by atoms with E-state index in [0.717, 1.165) is 11.3 Å². The van der Waals surface area contributed by atoms with Crippen molar-refractivity contribution >= 4 is 0 Å². The van der Waals surface area contributed by atoms with Crippen molar-refractivity contribution < 1.29 is 9.84 Å². The largest absolute Gasteiger partial charge is 0.488 e. The molecule has 0 aliphatic rings. The molecule has 0 spiro atoms. The number of ether oxygens (including phenoxy) is 1. The minimum absolute atomic E-state index is 0.194. The zero-order valence-corrected chi connectivity index (χ0v) is 11.2. The Balaban J connectivity index is 2.78. The minimum Gasteiger partial charge on any atom is -0.488 e. The van der Waals surface area contributed by atoms with Crippen molar-refractivity contribution in [3.63, 3.8) is 0 Å². The van der Waals surface area contributed by atoms with Crippen LogP contribution in [-0.2, 0) is 0 Å². The Kier molecular flexibility index (Phi) is 3.85. The van der Waals surface area contributed by atoms with Crippen molar-refractivity contribution in [1.29, 1.82) is 0 Å². The molecule has 0 bridgehead atoms. The van der Waals surface area contributed by atoms with Gasteiger partial charge in [-0.2, -0.15) is 0 Å². The van der Waals surface area contributed by atoms with E-state index in [1.165, 1.54) is 0 Å². The molecule has 0 amide bonds. The Labute approximate surface area is 104 Å². The van der Waals surface area contributed by atoms with Crippen LogP contribution >= 0.6 is 0 Å². The Morgan fingerprint density at radius 2 is 1.53 bits per heavy atom. The van der Waals surface area contributed by atoms with Crippen LogP contribution < -0.4 is 4.74 Å². The van der Waals surface area contributed by atoms with Crippen LogP contribution in [0.3, 0.4) is 0 Å². The molecule has 1 N–H and O–H groups in total. The first kappa shape index (κ1) is 13.6. The molecule has 2 nitrogen and oxygen atoms in total. The maximum Gasteiger partial charge on any atom is 0.120 e. The van der Waals surface area contributed by atoms with Crippen molar-refractivity contribution in [1.82, 2.24) is 0 Å². The zero-order valence-electron chi connectivity index (χ0n) is 11.2. The van der Waals surface area contributed by atoms with Gasteiger partial charge in [-0.3, -0.25) is 0 Å². The lowest BCUT2D eigenvalue weighted by molar-refractivity contribution is 0.131. The lowest BCUT2D eigenvalue weighted by Gasteiger charge is -2.21. The molecule has 1 aromatic carbocycles. The molecule has 0 saturated carbocycles. The summed E-state index contributed by atoms with van der Waals surface area (Å²) in [6.45, 7) is 9.35. The first-order chi connectivity index (χ1) is 7.66. The molecule has 0 saturated heterocycles. The molecule has 1 aromatic rings. The minimum atomic E-state index is -0.958. The number of hydrogen-bond donors (Lipinski definition) is 1. The van der Waals surface area contributed by atoms with Crippen LogP contribution in [0.25, 0.3) is 0 Å². The average molecular weight is 232 g/mol. The van der Waals surface area contributed by atoms with E-state index in [1.54, 1.807) is 13.8 Å². The van der Waals surface area contributed by atoms with E-state index < -0.39 is 5.60 Å². The molecule has 0 aromatic heterocycles. The van der Waals surface area contributed by atoms with Gasteiger partial charge in [0.25, 0.3) is 0 Å². The Bertz CT molecular complexity index is 419. The SMILES string of the molecule is CC(C)(O)C#Cc1ccc(OC(C)(C)C)cc1. The number of hydrogen-bond acceptors (Lipinski definition) is 2. The fraction of sp³-hybridized carbons (Fsp3) is 0.467. The molecule has 1 rings (SSSR count). The van der Waals surface area contributed by atoms with Gasteiger partial charge in [-0.15, -0.1) is 0 Å². The van der Waals surface area contributed by atoms with Gasteiger partial charge in [0.05, 0.1) is 0 Å². The van der Waals surface area contributed by atoms with Gasteiger partial charge in [0.2, 0.25) is 0 Å². The van der Waals surface area contributed by atoms with Gasteiger partial charge in [-0.25, -0.2) is 0 Å². The van der Waals surface area contributed by atoms with Crippen LogP contribution in [0.4, 0.5) is 0 Å². The van der Waals surface area contributed by atoms with Crippen LogP contribution in [0.15, 0.2) is 24.3 Å². The summed E-state index contributed by atoms with van der Waals surface area (Å²) in [5.74, 6) is 6.51. The van der Waals surface area contributed by atoms with E-state index in [9.17, 15) is 5.11 Å². The Morgan fingerprint density at radius 1 is 1.00 bits per heavy atom. The third kappa shape index (κ3) is 5.99. The molecule has 17 heavy (non-hydrogen) atoms. The highest BCUT2D eigenvalue weighted by Gasteiger charge is 2.11. The summed E-state index contributed by atoms with van der Waals surface area (Å²) in [4.78, 5) is 0. The smallest absolute Gasteiger partial charge is 0.120 e. The molecular formula is C15H20O2. The van der Waals surface area contributed by atoms with Crippen LogP contribution in [0.1, 0.15) is 40.2 Å². The predicted molar refractivity (Wildman–Crippen MR) is 70.0 cm³/mol. The fourth-order valence-electron chi connectivity index (χ4n) is 1.18. The second-order valence-electron chi connectivity index (χ2n) is 5.55.